The lowest BCUT2D eigenvalue weighted by Crippen LogP contribution is -1.95. The highest BCUT2D eigenvalue weighted by atomic mass is 14.7. The SMILES string of the molecule is C1=CCC(c2ccccc2)=CC(c2c3ccccc3c(-c3ccnc(-c4ccccc4)c3)c3ccc4ccccc4c23)=C1. The van der Waals surface area contributed by atoms with Crippen molar-refractivity contribution in [2.45, 2.75) is 6.42 Å². The zero-order chi connectivity index (χ0) is 28.6. The van der Waals surface area contributed by atoms with Crippen LogP contribution in [0.15, 0.2) is 164 Å². The summed E-state index contributed by atoms with van der Waals surface area (Å²) in [6.45, 7) is 0. The van der Waals surface area contributed by atoms with Crippen LogP contribution in [-0.2, 0) is 0 Å². The van der Waals surface area contributed by atoms with Crippen molar-refractivity contribution in [3.8, 4) is 22.4 Å². The molecule has 1 aliphatic rings. The van der Waals surface area contributed by atoms with Crippen molar-refractivity contribution in [1.82, 2.24) is 4.98 Å². The molecule has 0 unspecified atom stereocenters. The molecule has 0 bridgehead atoms. The highest BCUT2D eigenvalue weighted by Crippen LogP contribution is 2.46. The van der Waals surface area contributed by atoms with E-state index >= 15 is 0 Å². The number of aromatic nitrogens is 1. The van der Waals surface area contributed by atoms with Gasteiger partial charge in [0.25, 0.3) is 0 Å². The first kappa shape index (κ1) is 25.2. The molecule has 0 atom stereocenters. The molecular weight excluding hydrogens is 518 g/mol. The predicted octanol–water partition coefficient (Wildman–Crippen LogP) is 11.3. The maximum atomic E-state index is 4.76. The number of hydrogen-bond donors (Lipinski definition) is 0. The molecule has 0 radical (unpaired) electrons. The minimum atomic E-state index is 0.901. The third-order valence-corrected chi connectivity index (χ3v) is 8.54. The number of pyridine rings is 1. The lowest BCUT2D eigenvalue weighted by Gasteiger charge is -2.20. The summed E-state index contributed by atoms with van der Waals surface area (Å²) in [5.41, 5.74) is 9.62. The van der Waals surface area contributed by atoms with Crippen LogP contribution in [0.4, 0.5) is 0 Å². The first-order chi connectivity index (χ1) is 21.3. The molecule has 202 valence electrons. The average Bonchev–Trinajstić information content (AvgIpc) is 3.34. The Balaban J connectivity index is 1.48. The lowest BCUT2D eigenvalue weighted by molar-refractivity contribution is 1.33. The smallest absolute Gasteiger partial charge is 0.0708 e. The Morgan fingerprint density at radius 3 is 1.98 bits per heavy atom. The van der Waals surface area contributed by atoms with Crippen LogP contribution in [0.5, 0.6) is 0 Å². The Morgan fingerprint density at radius 1 is 0.512 bits per heavy atom. The lowest BCUT2D eigenvalue weighted by atomic mass is 9.83. The van der Waals surface area contributed by atoms with Gasteiger partial charge in [0.15, 0.2) is 0 Å². The zero-order valence-electron chi connectivity index (χ0n) is 23.7. The molecule has 7 aromatic rings. The van der Waals surface area contributed by atoms with Crippen LogP contribution in [0.3, 0.4) is 0 Å². The maximum absolute atomic E-state index is 4.76. The number of rotatable bonds is 4. The summed E-state index contributed by atoms with van der Waals surface area (Å²) in [4.78, 5) is 4.76. The van der Waals surface area contributed by atoms with Gasteiger partial charge in [-0.2, -0.15) is 0 Å². The largest absolute Gasteiger partial charge is 0.256 e. The van der Waals surface area contributed by atoms with Gasteiger partial charge in [0.1, 0.15) is 0 Å². The van der Waals surface area contributed by atoms with Crippen molar-refractivity contribution in [2.24, 2.45) is 0 Å². The minimum Gasteiger partial charge on any atom is -0.256 e. The molecule has 1 heterocycles. The van der Waals surface area contributed by atoms with Crippen LogP contribution in [0.2, 0.25) is 0 Å². The van der Waals surface area contributed by atoms with Crippen molar-refractivity contribution in [3.63, 3.8) is 0 Å². The van der Waals surface area contributed by atoms with Crippen molar-refractivity contribution in [3.05, 3.63) is 175 Å². The molecule has 0 saturated carbocycles. The molecule has 0 amide bonds. The van der Waals surface area contributed by atoms with E-state index < -0.39 is 0 Å². The predicted molar refractivity (Wildman–Crippen MR) is 184 cm³/mol. The average molecular weight is 548 g/mol. The summed E-state index contributed by atoms with van der Waals surface area (Å²) < 4.78 is 0. The van der Waals surface area contributed by atoms with Crippen molar-refractivity contribution >= 4 is 43.5 Å². The van der Waals surface area contributed by atoms with E-state index in [1.165, 1.54) is 65.7 Å². The molecule has 1 aliphatic carbocycles. The normalized spacial score (nSPS) is 13.2. The summed E-state index contributed by atoms with van der Waals surface area (Å²) in [5.74, 6) is 0. The van der Waals surface area contributed by atoms with Crippen molar-refractivity contribution in [1.29, 1.82) is 0 Å². The number of nitrogens with zero attached hydrogens (tertiary/aromatic N) is 1. The van der Waals surface area contributed by atoms with Crippen LogP contribution in [0.25, 0.3) is 65.8 Å². The minimum absolute atomic E-state index is 0.901. The van der Waals surface area contributed by atoms with Gasteiger partial charge in [-0.25, -0.2) is 0 Å². The molecule has 8 rings (SSSR count). The molecule has 0 fully saturated rings. The number of hydrogen-bond acceptors (Lipinski definition) is 1. The van der Waals surface area contributed by atoms with Crippen LogP contribution in [0.1, 0.15) is 17.5 Å². The molecule has 0 aliphatic heterocycles. The van der Waals surface area contributed by atoms with Crippen LogP contribution < -0.4 is 0 Å². The molecule has 43 heavy (non-hydrogen) atoms. The van der Waals surface area contributed by atoms with E-state index in [1.807, 2.05) is 12.3 Å². The van der Waals surface area contributed by atoms with Gasteiger partial charge >= 0.3 is 0 Å². The Labute approximate surface area is 251 Å². The third-order valence-electron chi connectivity index (χ3n) is 8.54. The van der Waals surface area contributed by atoms with Gasteiger partial charge in [-0.3, -0.25) is 4.98 Å². The van der Waals surface area contributed by atoms with Gasteiger partial charge in [0.2, 0.25) is 0 Å². The van der Waals surface area contributed by atoms with Gasteiger partial charge in [0, 0.05) is 11.8 Å². The van der Waals surface area contributed by atoms with Gasteiger partial charge in [-0.1, -0.05) is 146 Å². The standard InChI is InChI=1S/C42H29N/c1-3-13-29(14-4-1)32-18-7-8-19-33(27-32)41-37-22-12-11-21-36(37)40(38-24-23-30-15-9-10-20-35(30)42(38)41)34-25-26-43-39(28-34)31-16-5-2-6-17-31/h1-17,19-28H,18H2. The Morgan fingerprint density at radius 2 is 1.19 bits per heavy atom. The van der Waals surface area contributed by atoms with Crippen LogP contribution >= 0.6 is 0 Å². The third kappa shape index (κ3) is 4.47. The number of fused-ring (bicyclic) bond motifs is 4. The van der Waals surface area contributed by atoms with E-state index in [-0.39, 0.29) is 0 Å². The van der Waals surface area contributed by atoms with Gasteiger partial charge in [-0.05, 0) is 84.3 Å². The van der Waals surface area contributed by atoms with E-state index in [0.29, 0.717) is 0 Å². The van der Waals surface area contributed by atoms with Gasteiger partial charge in [-0.15, -0.1) is 0 Å². The summed E-state index contributed by atoms with van der Waals surface area (Å²) >= 11 is 0. The second-order valence-corrected chi connectivity index (χ2v) is 11.1. The quantitative estimate of drug-likeness (QED) is 0.158. The molecule has 1 heteroatoms. The van der Waals surface area contributed by atoms with E-state index in [9.17, 15) is 0 Å². The molecule has 0 N–H and O–H groups in total. The summed E-state index contributed by atoms with van der Waals surface area (Å²) in [6.07, 6.45) is 12.0. The highest BCUT2D eigenvalue weighted by Gasteiger charge is 2.20. The van der Waals surface area contributed by atoms with E-state index in [4.69, 9.17) is 4.98 Å². The first-order valence-corrected chi connectivity index (χ1v) is 14.9. The molecule has 1 aromatic heterocycles. The second-order valence-electron chi connectivity index (χ2n) is 11.1. The number of allylic oxidation sites excluding steroid dienone is 6. The van der Waals surface area contributed by atoms with E-state index in [0.717, 1.165) is 17.7 Å². The van der Waals surface area contributed by atoms with E-state index in [2.05, 4.69) is 152 Å². The maximum Gasteiger partial charge on any atom is 0.0708 e. The fourth-order valence-corrected chi connectivity index (χ4v) is 6.58. The van der Waals surface area contributed by atoms with Gasteiger partial charge in [0.05, 0.1) is 5.69 Å². The Kier molecular flexibility index (Phi) is 6.27. The molecule has 0 spiro atoms. The van der Waals surface area contributed by atoms with Crippen molar-refractivity contribution in [2.75, 3.05) is 0 Å². The fourth-order valence-electron chi connectivity index (χ4n) is 6.58. The number of benzene rings is 6. The molecule has 0 saturated heterocycles. The summed E-state index contributed by atoms with van der Waals surface area (Å²) in [5, 5.41) is 7.55. The summed E-state index contributed by atoms with van der Waals surface area (Å²) in [7, 11) is 0. The summed E-state index contributed by atoms with van der Waals surface area (Å²) in [6, 6.07) is 47.9. The molecular formula is C42H29N. The van der Waals surface area contributed by atoms with Crippen LogP contribution in [0, 0.1) is 0 Å². The first-order valence-electron chi connectivity index (χ1n) is 14.9. The second kappa shape index (κ2) is 10.7. The molecule has 6 aromatic carbocycles. The van der Waals surface area contributed by atoms with Crippen LogP contribution in [-0.4, -0.2) is 4.98 Å². The Hall–Kier alpha value is -5.53. The highest BCUT2D eigenvalue weighted by molar-refractivity contribution is 6.26. The Bertz CT molecular complexity index is 2240. The topological polar surface area (TPSA) is 12.9 Å². The van der Waals surface area contributed by atoms with Gasteiger partial charge < -0.3 is 0 Å². The fraction of sp³-hybridized carbons (Fsp3) is 0.0238. The monoisotopic (exact) mass is 547 g/mol. The zero-order valence-corrected chi connectivity index (χ0v) is 23.7. The van der Waals surface area contributed by atoms with E-state index in [1.54, 1.807) is 0 Å². The van der Waals surface area contributed by atoms with Crippen molar-refractivity contribution < 1.29 is 0 Å². The molecule has 1 nitrogen and oxygen atoms in total.